The van der Waals surface area contributed by atoms with E-state index in [4.69, 9.17) is 10.5 Å². The molecular formula is C17H24N2O3. The van der Waals surface area contributed by atoms with Crippen molar-refractivity contribution in [2.24, 2.45) is 11.7 Å². The maximum Gasteiger partial charge on any atom is 0.222 e. The second kappa shape index (κ2) is 7.82. The summed E-state index contributed by atoms with van der Waals surface area (Å²) in [6.07, 6.45) is 3.44. The lowest BCUT2D eigenvalue weighted by atomic mass is 9.93. The third-order valence-corrected chi connectivity index (χ3v) is 4.24. The van der Waals surface area contributed by atoms with Gasteiger partial charge in [0.15, 0.2) is 0 Å². The Kier molecular flexibility index (Phi) is 5.81. The maximum absolute atomic E-state index is 12.2. The molecule has 0 unspecified atom stereocenters. The van der Waals surface area contributed by atoms with Crippen LogP contribution >= 0.6 is 0 Å². The molecule has 1 fully saturated rings. The topological polar surface area (TPSA) is 72.6 Å². The number of piperidine rings is 1. The second-order valence-corrected chi connectivity index (χ2v) is 5.84. The summed E-state index contributed by atoms with van der Waals surface area (Å²) in [5, 5.41) is 0. The van der Waals surface area contributed by atoms with Gasteiger partial charge in [-0.3, -0.25) is 9.59 Å². The molecule has 120 valence electrons. The van der Waals surface area contributed by atoms with E-state index in [1.807, 2.05) is 29.2 Å². The minimum Gasteiger partial charge on any atom is -0.497 e. The van der Waals surface area contributed by atoms with Gasteiger partial charge in [0.1, 0.15) is 5.75 Å². The van der Waals surface area contributed by atoms with Crippen molar-refractivity contribution in [1.82, 2.24) is 4.90 Å². The molecule has 0 spiro atoms. The van der Waals surface area contributed by atoms with E-state index in [0.29, 0.717) is 18.8 Å². The van der Waals surface area contributed by atoms with Crippen molar-refractivity contribution in [2.45, 2.75) is 32.1 Å². The highest BCUT2D eigenvalue weighted by Gasteiger charge is 2.23. The van der Waals surface area contributed by atoms with Crippen molar-refractivity contribution in [2.75, 3.05) is 20.2 Å². The lowest BCUT2D eigenvalue weighted by molar-refractivity contribution is -0.132. The van der Waals surface area contributed by atoms with Gasteiger partial charge in [-0.25, -0.2) is 0 Å². The molecule has 1 aromatic carbocycles. The zero-order chi connectivity index (χ0) is 15.9. The molecular weight excluding hydrogens is 280 g/mol. The molecule has 1 aromatic rings. The lowest BCUT2D eigenvalue weighted by Crippen LogP contribution is -2.39. The van der Waals surface area contributed by atoms with Crippen molar-refractivity contribution in [3.8, 4) is 5.75 Å². The number of benzene rings is 1. The van der Waals surface area contributed by atoms with Gasteiger partial charge in [-0.2, -0.15) is 0 Å². The summed E-state index contributed by atoms with van der Waals surface area (Å²) < 4.78 is 5.12. The Morgan fingerprint density at radius 2 is 1.86 bits per heavy atom. The first-order valence-electron chi connectivity index (χ1n) is 7.77. The molecule has 0 atom stereocenters. The smallest absolute Gasteiger partial charge is 0.222 e. The molecule has 1 aliphatic heterocycles. The normalized spacial score (nSPS) is 15.6. The van der Waals surface area contributed by atoms with Gasteiger partial charge in [0.2, 0.25) is 11.8 Å². The third kappa shape index (κ3) is 4.76. The van der Waals surface area contributed by atoms with Crippen LogP contribution in [-0.2, 0) is 16.0 Å². The van der Waals surface area contributed by atoms with Gasteiger partial charge in [0.25, 0.3) is 0 Å². The van der Waals surface area contributed by atoms with E-state index in [0.717, 1.165) is 43.7 Å². The zero-order valence-electron chi connectivity index (χ0n) is 13.1. The Balaban J connectivity index is 1.74. The molecule has 5 heteroatoms. The van der Waals surface area contributed by atoms with Crippen LogP contribution in [0, 0.1) is 5.92 Å². The number of likely N-dealkylation sites (tertiary alicyclic amines) is 1. The van der Waals surface area contributed by atoms with Gasteiger partial charge in [0, 0.05) is 25.9 Å². The molecule has 1 saturated heterocycles. The number of ether oxygens (including phenoxy) is 1. The minimum absolute atomic E-state index is 0.188. The zero-order valence-corrected chi connectivity index (χ0v) is 13.1. The highest BCUT2D eigenvalue weighted by atomic mass is 16.5. The summed E-state index contributed by atoms with van der Waals surface area (Å²) >= 11 is 0. The van der Waals surface area contributed by atoms with Crippen LogP contribution in [0.5, 0.6) is 5.75 Å². The van der Waals surface area contributed by atoms with Gasteiger partial charge in [-0.15, -0.1) is 0 Å². The number of aryl methyl sites for hydroxylation is 1. The number of nitrogens with zero attached hydrogens (tertiary/aromatic N) is 1. The molecule has 1 aliphatic rings. The fourth-order valence-corrected chi connectivity index (χ4v) is 2.87. The molecule has 0 radical (unpaired) electrons. The third-order valence-electron chi connectivity index (χ3n) is 4.24. The Morgan fingerprint density at radius 3 is 2.41 bits per heavy atom. The SMILES string of the molecule is COc1ccc(CCC(=O)N2CCC(CC(N)=O)CC2)cc1. The van der Waals surface area contributed by atoms with E-state index >= 15 is 0 Å². The van der Waals surface area contributed by atoms with Gasteiger partial charge in [-0.1, -0.05) is 12.1 Å². The van der Waals surface area contributed by atoms with Crippen molar-refractivity contribution in [3.05, 3.63) is 29.8 Å². The van der Waals surface area contributed by atoms with Crippen molar-refractivity contribution in [1.29, 1.82) is 0 Å². The average molecular weight is 304 g/mol. The summed E-state index contributed by atoms with van der Waals surface area (Å²) in [6, 6.07) is 7.81. The Labute approximate surface area is 131 Å². The number of primary amides is 1. The van der Waals surface area contributed by atoms with Gasteiger partial charge in [-0.05, 0) is 42.9 Å². The highest BCUT2D eigenvalue weighted by Crippen LogP contribution is 2.21. The molecule has 0 saturated carbocycles. The number of nitrogens with two attached hydrogens (primary N) is 1. The number of hydrogen-bond acceptors (Lipinski definition) is 3. The van der Waals surface area contributed by atoms with Crippen LogP contribution in [0.1, 0.15) is 31.2 Å². The fourth-order valence-electron chi connectivity index (χ4n) is 2.87. The van der Waals surface area contributed by atoms with E-state index in [2.05, 4.69) is 0 Å². The number of carbonyl (C=O) groups excluding carboxylic acids is 2. The Bertz CT molecular complexity index is 505. The van der Waals surface area contributed by atoms with Crippen LogP contribution in [-0.4, -0.2) is 36.9 Å². The summed E-state index contributed by atoms with van der Waals surface area (Å²) in [5.74, 6) is 1.10. The van der Waals surface area contributed by atoms with Crippen LogP contribution in [0.2, 0.25) is 0 Å². The summed E-state index contributed by atoms with van der Waals surface area (Å²) in [4.78, 5) is 25.1. The first-order chi connectivity index (χ1) is 10.6. The standard InChI is InChI=1S/C17H24N2O3/c1-22-15-5-2-13(3-6-15)4-7-17(21)19-10-8-14(9-11-19)12-16(18)20/h2-3,5-6,14H,4,7-12H2,1H3,(H2,18,20). The maximum atomic E-state index is 12.2. The highest BCUT2D eigenvalue weighted by molar-refractivity contribution is 5.77. The molecule has 1 heterocycles. The van der Waals surface area contributed by atoms with Crippen LogP contribution < -0.4 is 10.5 Å². The Morgan fingerprint density at radius 1 is 1.23 bits per heavy atom. The molecule has 2 rings (SSSR count). The molecule has 22 heavy (non-hydrogen) atoms. The fraction of sp³-hybridized carbons (Fsp3) is 0.529. The van der Waals surface area contributed by atoms with E-state index in [1.54, 1.807) is 7.11 Å². The Hall–Kier alpha value is -2.04. The summed E-state index contributed by atoms with van der Waals surface area (Å²) in [6.45, 7) is 1.47. The van der Waals surface area contributed by atoms with Gasteiger partial charge < -0.3 is 15.4 Å². The van der Waals surface area contributed by atoms with Crippen molar-refractivity contribution >= 4 is 11.8 Å². The first kappa shape index (κ1) is 16.3. The monoisotopic (exact) mass is 304 g/mol. The predicted molar refractivity (Wildman–Crippen MR) is 84.4 cm³/mol. The van der Waals surface area contributed by atoms with Crippen molar-refractivity contribution < 1.29 is 14.3 Å². The number of methoxy groups -OCH3 is 1. The minimum atomic E-state index is -0.246. The second-order valence-electron chi connectivity index (χ2n) is 5.84. The van der Waals surface area contributed by atoms with E-state index in [1.165, 1.54) is 0 Å². The molecule has 0 aliphatic carbocycles. The molecule has 0 bridgehead atoms. The molecule has 0 aromatic heterocycles. The molecule has 2 N–H and O–H groups in total. The van der Waals surface area contributed by atoms with Crippen molar-refractivity contribution in [3.63, 3.8) is 0 Å². The molecule has 5 nitrogen and oxygen atoms in total. The predicted octanol–water partition coefficient (Wildman–Crippen LogP) is 1.74. The van der Waals surface area contributed by atoms with Crippen LogP contribution in [0.15, 0.2) is 24.3 Å². The van der Waals surface area contributed by atoms with E-state index in [9.17, 15) is 9.59 Å². The average Bonchev–Trinajstić information content (AvgIpc) is 2.53. The lowest BCUT2D eigenvalue weighted by Gasteiger charge is -2.31. The number of rotatable bonds is 6. The van der Waals surface area contributed by atoms with Crippen LogP contribution in [0.25, 0.3) is 0 Å². The van der Waals surface area contributed by atoms with Crippen LogP contribution in [0.4, 0.5) is 0 Å². The van der Waals surface area contributed by atoms with Gasteiger partial charge in [0.05, 0.1) is 7.11 Å². The largest absolute Gasteiger partial charge is 0.497 e. The van der Waals surface area contributed by atoms with E-state index < -0.39 is 0 Å². The van der Waals surface area contributed by atoms with Gasteiger partial charge >= 0.3 is 0 Å². The first-order valence-corrected chi connectivity index (χ1v) is 7.77. The van der Waals surface area contributed by atoms with Crippen LogP contribution in [0.3, 0.4) is 0 Å². The summed E-state index contributed by atoms with van der Waals surface area (Å²) in [7, 11) is 1.64. The number of carbonyl (C=O) groups is 2. The number of hydrogen-bond donors (Lipinski definition) is 1. The van der Waals surface area contributed by atoms with E-state index in [-0.39, 0.29) is 11.8 Å². The number of amides is 2. The summed E-state index contributed by atoms with van der Waals surface area (Å²) in [5.41, 5.74) is 6.36. The quantitative estimate of drug-likeness (QED) is 0.870. The molecule has 2 amide bonds.